The van der Waals surface area contributed by atoms with Crippen molar-refractivity contribution in [1.82, 2.24) is 0 Å². The standard InChI is InChI=1S/C22H23NO7/c1-13(2)15-4-6-16(7-5-15)27-11-22(26)28-10-21(25)23-18-9-20-19(29-12-30-20)8-17(18)14(3)24/h4-9,13H,10-12H2,1-3H3,(H,23,25). The number of benzene rings is 2. The van der Waals surface area contributed by atoms with Crippen molar-refractivity contribution in [1.29, 1.82) is 0 Å². The second-order valence-electron chi connectivity index (χ2n) is 7.03. The Bertz CT molecular complexity index is 951. The molecule has 1 aliphatic heterocycles. The van der Waals surface area contributed by atoms with Crippen molar-refractivity contribution >= 4 is 23.3 Å². The molecule has 1 heterocycles. The van der Waals surface area contributed by atoms with Crippen molar-refractivity contribution in [2.24, 2.45) is 0 Å². The summed E-state index contributed by atoms with van der Waals surface area (Å²) in [7, 11) is 0. The number of rotatable bonds is 8. The number of esters is 1. The SMILES string of the molecule is CC(=O)c1cc2c(cc1NC(=O)COC(=O)COc1ccc(C(C)C)cc1)OCO2. The fraction of sp³-hybridized carbons (Fsp3) is 0.318. The highest BCUT2D eigenvalue weighted by atomic mass is 16.7. The van der Waals surface area contributed by atoms with E-state index in [9.17, 15) is 14.4 Å². The number of ketones is 1. The maximum Gasteiger partial charge on any atom is 0.344 e. The number of anilines is 1. The zero-order valence-corrected chi connectivity index (χ0v) is 17.0. The van der Waals surface area contributed by atoms with E-state index in [1.807, 2.05) is 12.1 Å². The smallest absolute Gasteiger partial charge is 0.344 e. The molecule has 2 aromatic carbocycles. The molecular weight excluding hydrogens is 390 g/mol. The Hall–Kier alpha value is -3.55. The second kappa shape index (κ2) is 9.30. The van der Waals surface area contributed by atoms with E-state index >= 15 is 0 Å². The lowest BCUT2D eigenvalue weighted by atomic mass is 10.0. The number of amides is 1. The Labute approximate surface area is 174 Å². The summed E-state index contributed by atoms with van der Waals surface area (Å²) in [5.41, 5.74) is 1.69. The highest BCUT2D eigenvalue weighted by molar-refractivity contribution is 6.05. The van der Waals surface area contributed by atoms with Gasteiger partial charge in [-0.3, -0.25) is 9.59 Å². The first kappa shape index (κ1) is 21.2. The van der Waals surface area contributed by atoms with Crippen LogP contribution in [0.25, 0.3) is 0 Å². The third-order valence-electron chi connectivity index (χ3n) is 4.43. The maximum absolute atomic E-state index is 12.2. The van der Waals surface area contributed by atoms with Crippen LogP contribution in [0.5, 0.6) is 17.2 Å². The summed E-state index contributed by atoms with van der Waals surface area (Å²) in [6.07, 6.45) is 0. The van der Waals surface area contributed by atoms with Gasteiger partial charge in [-0.1, -0.05) is 26.0 Å². The Morgan fingerprint density at radius 1 is 1.03 bits per heavy atom. The highest BCUT2D eigenvalue weighted by Gasteiger charge is 2.20. The lowest BCUT2D eigenvalue weighted by molar-refractivity contribution is -0.149. The van der Waals surface area contributed by atoms with Gasteiger partial charge in [-0.15, -0.1) is 0 Å². The molecule has 0 atom stereocenters. The van der Waals surface area contributed by atoms with Gasteiger partial charge in [0.25, 0.3) is 5.91 Å². The van der Waals surface area contributed by atoms with Crippen molar-refractivity contribution in [2.45, 2.75) is 26.7 Å². The number of hydrogen-bond acceptors (Lipinski definition) is 7. The zero-order chi connectivity index (χ0) is 21.7. The van der Waals surface area contributed by atoms with Crippen molar-refractivity contribution in [3.8, 4) is 17.2 Å². The topological polar surface area (TPSA) is 100 Å². The second-order valence-corrected chi connectivity index (χ2v) is 7.03. The minimum absolute atomic E-state index is 0.0435. The van der Waals surface area contributed by atoms with Gasteiger partial charge in [0, 0.05) is 11.6 Å². The number of nitrogens with one attached hydrogen (secondary N) is 1. The summed E-state index contributed by atoms with van der Waals surface area (Å²) < 4.78 is 20.8. The van der Waals surface area contributed by atoms with E-state index in [2.05, 4.69) is 19.2 Å². The molecule has 0 aromatic heterocycles. The minimum Gasteiger partial charge on any atom is -0.482 e. The molecule has 0 fully saturated rings. The summed E-state index contributed by atoms with van der Waals surface area (Å²) in [6, 6.07) is 10.4. The van der Waals surface area contributed by atoms with Crippen molar-refractivity contribution in [3.63, 3.8) is 0 Å². The van der Waals surface area contributed by atoms with Gasteiger partial charge in [-0.25, -0.2) is 4.79 Å². The van der Waals surface area contributed by atoms with Crippen molar-refractivity contribution in [2.75, 3.05) is 25.3 Å². The van der Waals surface area contributed by atoms with Crippen LogP contribution in [-0.4, -0.2) is 37.7 Å². The van der Waals surface area contributed by atoms with Gasteiger partial charge < -0.3 is 24.3 Å². The van der Waals surface area contributed by atoms with Crippen LogP contribution in [0, 0.1) is 0 Å². The molecule has 0 radical (unpaired) electrons. The molecule has 0 saturated carbocycles. The summed E-state index contributed by atoms with van der Waals surface area (Å²) in [5.74, 6) is 0.259. The van der Waals surface area contributed by atoms with Gasteiger partial charge in [0.15, 0.2) is 30.5 Å². The van der Waals surface area contributed by atoms with Gasteiger partial charge in [0.1, 0.15) is 5.75 Å². The molecule has 158 valence electrons. The van der Waals surface area contributed by atoms with E-state index in [0.29, 0.717) is 23.2 Å². The first-order chi connectivity index (χ1) is 14.3. The van der Waals surface area contributed by atoms with Gasteiger partial charge in [-0.2, -0.15) is 0 Å². The normalized spacial score (nSPS) is 11.9. The number of carbonyl (C=O) groups excluding carboxylic acids is 3. The summed E-state index contributed by atoms with van der Waals surface area (Å²) >= 11 is 0. The molecule has 2 aromatic rings. The molecule has 1 N–H and O–H groups in total. The fourth-order valence-electron chi connectivity index (χ4n) is 2.80. The fourth-order valence-corrected chi connectivity index (χ4v) is 2.80. The molecule has 0 spiro atoms. The number of ether oxygens (including phenoxy) is 4. The quantitative estimate of drug-likeness (QED) is 0.523. The number of fused-ring (bicyclic) bond motifs is 1. The third-order valence-corrected chi connectivity index (χ3v) is 4.43. The molecule has 0 unspecified atom stereocenters. The monoisotopic (exact) mass is 413 g/mol. The maximum atomic E-state index is 12.2. The van der Waals surface area contributed by atoms with Crippen LogP contribution in [-0.2, 0) is 14.3 Å². The molecule has 8 nitrogen and oxygen atoms in total. The molecule has 1 aliphatic rings. The molecule has 1 amide bonds. The van der Waals surface area contributed by atoms with Crippen LogP contribution in [0.4, 0.5) is 5.69 Å². The Balaban J connectivity index is 1.50. The minimum atomic E-state index is -0.685. The molecule has 0 bridgehead atoms. The van der Waals surface area contributed by atoms with Crippen LogP contribution in [0.2, 0.25) is 0 Å². The summed E-state index contributed by atoms with van der Waals surface area (Å²) in [5, 5.41) is 2.55. The van der Waals surface area contributed by atoms with Gasteiger partial charge in [0.05, 0.1) is 5.69 Å². The first-order valence-corrected chi connectivity index (χ1v) is 9.46. The Kier molecular flexibility index (Phi) is 6.56. The molecular formula is C22H23NO7. The van der Waals surface area contributed by atoms with Gasteiger partial charge in [0.2, 0.25) is 6.79 Å². The Morgan fingerprint density at radius 2 is 1.70 bits per heavy atom. The first-order valence-electron chi connectivity index (χ1n) is 9.46. The molecule has 0 aliphatic carbocycles. The van der Waals surface area contributed by atoms with Crippen LogP contribution in [0.1, 0.15) is 42.6 Å². The van der Waals surface area contributed by atoms with Crippen molar-refractivity contribution < 1.29 is 33.3 Å². The summed E-state index contributed by atoms with van der Waals surface area (Å²) in [4.78, 5) is 35.9. The number of hydrogen-bond donors (Lipinski definition) is 1. The average molecular weight is 413 g/mol. The van der Waals surface area contributed by atoms with E-state index in [-0.39, 0.29) is 30.4 Å². The van der Waals surface area contributed by atoms with E-state index in [1.54, 1.807) is 12.1 Å². The van der Waals surface area contributed by atoms with E-state index < -0.39 is 18.5 Å². The molecule has 3 rings (SSSR count). The van der Waals surface area contributed by atoms with Gasteiger partial charge >= 0.3 is 5.97 Å². The average Bonchev–Trinajstić information content (AvgIpc) is 3.17. The zero-order valence-electron chi connectivity index (χ0n) is 17.0. The Morgan fingerprint density at radius 3 is 2.33 bits per heavy atom. The van der Waals surface area contributed by atoms with E-state index in [0.717, 1.165) is 5.56 Å². The number of carbonyl (C=O) groups is 3. The predicted molar refractivity (Wildman–Crippen MR) is 108 cm³/mol. The molecule has 0 saturated heterocycles. The highest BCUT2D eigenvalue weighted by Crippen LogP contribution is 2.37. The molecule has 30 heavy (non-hydrogen) atoms. The largest absolute Gasteiger partial charge is 0.482 e. The van der Waals surface area contributed by atoms with Crippen molar-refractivity contribution in [3.05, 3.63) is 47.5 Å². The summed E-state index contributed by atoms with van der Waals surface area (Å²) in [6.45, 7) is 4.75. The van der Waals surface area contributed by atoms with Gasteiger partial charge in [-0.05, 0) is 36.6 Å². The lowest BCUT2D eigenvalue weighted by Crippen LogP contribution is -2.24. The third kappa shape index (κ3) is 5.28. The lowest BCUT2D eigenvalue weighted by Gasteiger charge is -2.11. The number of Topliss-reactive ketones (excluding diaryl/α,β-unsaturated/α-hetero) is 1. The van der Waals surface area contributed by atoms with E-state index in [1.165, 1.54) is 19.1 Å². The van der Waals surface area contributed by atoms with Crippen LogP contribution in [0.3, 0.4) is 0 Å². The van der Waals surface area contributed by atoms with Crippen LogP contribution in [0.15, 0.2) is 36.4 Å². The van der Waals surface area contributed by atoms with E-state index in [4.69, 9.17) is 18.9 Å². The molecule has 8 heteroatoms. The van der Waals surface area contributed by atoms with Crippen LogP contribution < -0.4 is 19.5 Å². The predicted octanol–water partition coefficient (Wildman–Crippen LogP) is 3.30. The van der Waals surface area contributed by atoms with Crippen LogP contribution >= 0.6 is 0 Å².